The van der Waals surface area contributed by atoms with E-state index in [0.717, 1.165) is 5.56 Å². The summed E-state index contributed by atoms with van der Waals surface area (Å²) in [7, 11) is 0. The van der Waals surface area contributed by atoms with Gasteiger partial charge in [0, 0.05) is 6.04 Å². The smallest absolute Gasteiger partial charge is 0.305 e. The van der Waals surface area contributed by atoms with Crippen LogP contribution in [0.1, 0.15) is 31.4 Å². The van der Waals surface area contributed by atoms with Crippen LogP contribution in [0.5, 0.6) is 0 Å². The van der Waals surface area contributed by atoms with Crippen molar-refractivity contribution >= 4 is 11.9 Å². The van der Waals surface area contributed by atoms with E-state index in [-0.39, 0.29) is 30.5 Å². The number of carboxylic acids is 1. The van der Waals surface area contributed by atoms with Crippen LogP contribution in [0.3, 0.4) is 0 Å². The van der Waals surface area contributed by atoms with E-state index >= 15 is 0 Å². The fourth-order valence-corrected chi connectivity index (χ4v) is 1.93. The monoisotopic (exact) mass is 281 g/mol. The molecule has 1 atom stereocenters. The number of aliphatic carboxylic acids is 1. The van der Waals surface area contributed by atoms with Gasteiger partial charge in [-0.05, 0) is 36.1 Å². The van der Waals surface area contributed by atoms with E-state index in [2.05, 4.69) is 5.32 Å². The minimum Gasteiger partial charge on any atom is -0.481 e. The van der Waals surface area contributed by atoms with E-state index in [0.29, 0.717) is 5.56 Å². The molecule has 0 aliphatic heterocycles. The SMILES string of the molecule is Cc1cc(F)ccc1CC(=O)N[C@@H](CC(=O)O)C(C)C. The summed E-state index contributed by atoms with van der Waals surface area (Å²) in [6.45, 7) is 5.46. The molecule has 0 fully saturated rings. The van der Waals surface area contributed by atoms with Crippen LogP contribution in [0.2, 0.25) is 0 Å². The first-order valence-corrected chi connectivity index (χ1v) is 6.55. The molecule has 20 heavy (non-hydrogen) atoms. The van der Waals surface area contributed by atoms with Gasteiger partial charge in [-0.25, -0.2) is 4.39 Å². The van der Waals surface area contributed by atoms with Crippen molar-refractivity contribution in [1.82, 2.24) is 5.32 Å². The van der Waals surface area contributed by atoms with Gasteiger partial charge >= 0.3 is 5.97 Å². The third kappa shape index (κ3) is 4.99. The third-order valence-corrected chi connectivity index (χ3v) is 3.20. The van der Waals surface area contributed by atoms with Crippen molar-refractivity contribution < 1.29 is 19.1 Å². The summed E-state index contributed by atoms with van der Waals surface area (Å²) >= 11 is 0. The largest absolute Gasteiger partial charge is 0.481 e. The van der Waals surface area contributed by atoms with E-state index in [4.69, 9.17) is 5.11 Å². The van der Waals surface area contributed by atoms with Gasteiger partial charge in [0.05, 0.1) is 12.8 Å². The standard InChI is InChI=1S/C15H20FNO3/c1-9(2)13(8-15(19)20)17-14(18)7-11-4-5-12(16)6-10(11)3/h4-6,9,13H,7-8H2,1-3H3,(H,17,18)(H,19,20)/t13-/m0/s1. The number of carbonyl (C=O) groups excluding carboxylic acids is 1. The summed E-state index contributed by atoms with van der Waals surface area (Å²) < 4.78 is 13.0. The van der Waals surface area contributed by atoms with Gasteiger partial charge in [-0.15, -0.1) is 0 Å². The van der Waals surface area contributed by atoms with Crippen molar-refractivity contribution in [2.24, 2.45) is 5.92 Å². The molecule has 0 spiro atoms. The molecule has 0 heterocycles. The lowest BCUT2D eigenvalue weighted by Gasteiger charge is -2.20. The number of rotatable bonds is 6. The van der Waals surface area contributed by atoms with Crippen molar-refractivity contribution in [1.29, 1.82) is 0 Å². The molecule has 0 aliphatic carbocycles. The Balaban J connectivity index is 2.68. The highest BCUT2D eigenvalue weighted by Crippen LogP contribution is 2.12. The summed E-state index contributed by atoms with van der Waals surface area (Å²) in [5, 5.41) is 11.5. The van der Waals surface area contributed by atoms with Crippen LogP contribution in [-0.2, 0) is 16.0 Å². The minimum absolute atomic E-state index is 0.0318. The number of halogens is 1. The maximum Gasteiger partial charge on any atom is 0.305 e. The van der Waals surface area contributed by atoms with E-state index < -0.39 is 12.0 Å². The second kappa shape index (κ2) is 7.03. The van der Waals surface area contributed by atoms with Gasteiger partial charge in [-0.1, -0.05) is 19.9 Å². The second-order valence-electron chi connectivity index (χ2n) is 5.26. The van der Waals surface area contributed by atoms with Gasteiger partial charge in [-0.2, -0.15) is 0 Å². The van der Waals surface area contributed by atoms with Crippen molar-refractivity contribution in [3.8, 4) is 0 Å². The average Bonchev–Trinajstić information content (AvgIpc) is 2.31. The summed E-state index contributed by atoms with van der Waals surface area (Å²) in [6, 6.07) is 3.86. The number of amides is 1. The lowest BCUT2D eigenvalue weighted by molar-refractivity contribution is -0.138. The van der Waals surface area contributed by atoms with E-state index in [1.165, 1.54) is 12.1 Å². The van der Waals surface area contributed by atoms with Crippen LogP contribution < -0.4 is 5.32 Å². The van der Waals surface area contributed by atoms with Crippen LogP contribution in [0.4, 0.5) is 4.39 Å². The molecule has 5 heteroatoms. The number of hydrogen-bond donors (Lipinski definition) is 2. The molecule has 0 bridgehead atoms. The molecule has 1 amide bonds. The zero-order chi connectivity index (χ0) is 15.3. The van der Waals surface area contributed by atoms with Crippen molar-refractivity contribution in [2.75, 3.05) is 0 Å². The number of aryl methyl sites for hydroxylation is 1. The molecule has 0 aromatic heterocycles. The Kier molecular flexibility index (Phi) is 5.67. The molecule has 0 aliphatic rings. The van der Waals surface area contributed by atoms with Crippen molar-refractivity contribution in [3.05, 3.63) is 35.1 Å². The summed E-state index contributed by atoms with van der Waals surface area (Å²) in [5.74, 6) is -1.50. The van der Waals surface area contributed by atoms with E-state index in [1.54, 1.807) is 13.0 Å². The molecule has 0 unspecified atom stereocenters. The molecular weight excluding hydrogens is 261 g/mol. The van der Waals surface area contributed by atoms with E-state index in [1.807, 2.05) is 13.8 Å². The number of carbonyl (C=O) groups is 2. The van der Waals surface area contributed by atoms with Gasteiger partial charge in [0.2, 0.25) is 5.91 Å². The highest BCUT2D eigenvalue weighted by Gasteiger charge is 2.19. The van der Waals surface area contributed by atoms with Crippen LogP contribution in [0.25, 0.3) is 0 Å². The zero-order valence-corrected chi connectivity index (χ0v) is 11.9. The Morgan fingerprint density at radius 2 is 2.00 bits per heavy atom. The summed E-state index contributed by atoms with van der Waals surface area (Å²) in [5.41, 5.74) is 1.45. The fraction of sp³-hybridized carbons (Fsp3) is 0.467. The van der Waals surface area contributed by atoms with Crippen LogP contribution in [0.15, 0.2) is 18.2 Å². The maximum absolute atomic E-state index is 13.0. The average molecular weight is 281 g/mol. The minimum atomic E-state index is -0.943. The topological polar surface area (TPSA) is 66.4 Å². The van der Waals surface area contributed by atoms with Crippen LogP contribution in [0, 0.1) is 18.7 Å². The van der Waals surface area contributed by atoms with Gasteiger partial charge in [0.15, 0.2) is 0 Å². The number of nitrogens with one attached hydrogen (secondary N) is 1. The Hall–Kier alpha value is -1.91. The normalized spacial score (nSPS) is 12.2. The van der Waals surface area contributed by atoms with Crippen LogP contribution in [-0.4, -0.2) is 23.0 Å². The molecule has 1 aromatic rings. The molecule has 0 saturated carbocycles. The second-order valence-corrected chi connectivity index (χ2v) is 5.26. The first-order valence-electron chi connectivity index (χ1n) is 6.55. The van der Waals surface area contributed by atoms with Gasteiger partial charge < -0.3 is 10.4 Å². The van der Waals surface area contributed by atoms with Crippen LogP contribution >= 0.6 is 0 Å². The molecule has 110 valence electrons. The fourth-order valence-electron chi connectivity index (χ4n) is 1.93. The predicted molar refractivity (Wildman–Crippen MR) is 73.9 cm³/mol. The number of benzene rings is 1. The summed E-state index contributed by atoms with van der Waals surface area (Å²) in [4.78, 5) is 22.7. The molecule has 0 radical (unpaired) electrons. The molecule has 4 nitrogen and oxygen atoms in total. The Labute approximate surface area is 118 Å². The first-order chi connectivity index (χ1) is 9.29. The van der Waals surface area contributed by atoms with Gasteiger partial charge in [-0.3, -0.25) is 9.59 Å². The molecule has 1 aromatic carbocycles. The van der Waals surface area contributed by atoms with E-state index in [9.17, 15) is 14.0 Å². The lowest BCUT2D eigenvalue weighted by Crippen LogP contribution is -2.40. The third-order valence-electron chi connectivity index (χ3n) is 3.20. The van der Waals surface area contributed by atoms with Crippen molar-refractivity contribution in [3.63, 3.8) is 0 Å². The van der Waals surface area contributed by atoms with Gasteiger partial charge in [0.25, 0.3) is 0 Å². The Bertz CT molecular complexity index is 500. The van der Waals surface area contributed by atoms with Gasteiger partial charge in [0.1, 0.15) is 5.82 Å². The number of hydrogen-bond acceptors (Lipinski definition) is 2. The lowest BCUT2D eigenvalue weighted by atomic mass is 10.00. The molecule has 0 saturated heterocycles. The Morgan fingerprint density at radius 3 is 2.50 bits per heavy atom. The predicted octanol–water partition coefficient (Wildman–Crippen LogP) is 2.29. The van der Waals surface area contributed by atoms with Crippen molar-refractivity contribution in [2.45, 2.75) is 39.7 Å². The quantitative estimate of drug-likeness (QED) is 0.840. The molecule has 2 N–H and O–H groups in total. The zero-order valence-electron chi connectivity index (χ0n) is 11.9. The highest BCUT2D eigenvalue weighted by atomic mass is 19.1. The molecule has 1 rings (SSSR count). The Morgan fingerprint density at radius 1 is 1.35 bits per heavy atom. The number of carboxylic acid groups (broad SMARTS) is 1. The molecular formula is C15H20FNO3. The summed E-state index contributed by atoms with van der Waals surface area (Å²) in [6.07, 6.45) is 0.0146. The maximum atomic E-state index is 13.0. The highest BCUT2D eigenvalue weighted by molar-refractivity contribution is 5.80. The first kappa shape index (κ1) is 16.1.